The van der Waals surface area contributed by atoms with Crippen LogP contribution in [0, 0.1) is 27.7 Å². The van der Waals surface area contributed by atoms with E-state index in [0.29, 0.717) is 15.9 Å². The van der Waals surface area contributed by atoms with Crippen molar-refractivity contribution in [2.45, 2.75) is 39.8 Å². The van der Waals surface area contributed by atoms with Crippen molar-refractivity contribution in [2.75, 3.05) is 12.0 Å². The molecule has 2 aromatic carbocycles. The molecule has 2 atom stereocenters. The minimum atomic E-state index is -0.132. The average molecular weight is 517 g/mol. The summed E-state index contributed by atoms with van der Waals surface area (Å²) in [6.45, 7) is 8.62. The minimum Gasteiger partial charge on any atom is -0.495 e. The smallest absolute Gasteiger partial charge is 0.174 e. The largest absolute Gasteiger partial charge is 0.495 e. The van der Waals surface area contributed by atoms with Crippen LogP contribution in [0.15, 0.2) is 66.9 Å². The number of anilines is 1. The van der Waals surface area contributed by atoms with Crippen LogP contribution in [0.2, 0.25) is 5.02 Å². The molecular formula is C29H29ClN4OS. The Labute approximate surface area is 222 Å². The molecule has 1 saturated heterocycles. The fourth-order valence-electron chi connectivity index (χ4n) is 5.17. The van der Waals surface area contributed by atoms with E-state index in [1.807, 2.05) is 42.6 Å². The van der Waals surface area contributed by atoms with Gasteiger partial charge in [0.1, 0.15) is 5.75 Å². The van der Waals surface area contributed by atoms with E-state index in [4.69, 9.17) is 28.6 Å². The molecule has 0 bridgehead atoms. The van der Waals surface area contributed by atoms with Gasteiger partial charge in [-0.2, -0.15) is 0 Å². The van der Waals surface area contributed by atoms with E-state index in [1.54, 1.807) is 7.11 Å². The Balaban J connectivity index is 1.70. The number of nitrogens with zero attached hydrogens (tertiary/aromatic N) is 3. The van der Waals surface area contributed by atoms with Gasteiger partial charge in [-0.1, -0.05) is 29.8 Å². The Kier molecular flexibility index (Phi) is 6.49. The molecule has 0 aliphatic carbocycles. The molecule has 2 aromatic heterocycles. The lowest BCUT2D eigenvalue weighted by Gasteiger charge is -2.28. The molecule has 5 nitrogen and oxygen atoms in total. The molecule has 4 aromatic rings. The number of aromatic nitrogens is 2. The van der Waals surface area contributed by atoms with Crippen molar-refractivity contribution in [1.29, 1.82) is 0 Å². The number of aryl methyl sites for hydroxylation is 3. The minimum absolute atomic E-state index is 0.123. The third-order valence-corrected chi connectivity index (χ3v) is 7.52. The summed E-state index contributed by atoms with van der Waals surface area (Å²) in [5, 5.41) is 4.72. The summed E-state index contributed by atoms with van der Waals surface area (Å²) < 4.78 is 7.73. The number of halogens is 1. The molecule has 5 rings (SSSR count). The van der Waals surface area contributed by atoms with Crippen LogP contribution in [-0.2, 0) is 0 Å². The third-order valence-electron chi connectivity index (χ3n) is 6.91. The van der Waals surface area contributed by atoms with Crippen molar-refractivity contribution < 1.29 is 4.74 Å². The quantitative estimate of drug-likeness (QED) is 0.291. The van der Waals surface area contributed by atoms with Gasteiger partial charge in [0.25, 0.3) is 0 Å². The lowest BCUT2D eigenvalue weighted by Crippen LogP contribution is -2.29. The van der Waals surface area contributed by atoms with E-state index < -0.39 is 0 Å². The number of nitrogens with one attached hydrogen (secondary N) is 1. The molecule has 1 aliphatic rings. The Bertz CT molecular complexity index is 1450. The highest BCUT2D eigenvalue weighted by molar-refractivity contribution is 7.80. The lowest BCUT2D eigenvalue weighted by molar-refractivity contribution is 0.415. The first-order chi connectivity index (χ1) is 17.3. The summed E-state index contributed by atoms with van der Waals surface area (Å²) in [5.74, 6) is 0.629. The number of thiocarbonyl (C=S) groups is 1. The van der Waals surface area contributed by atoms with E-state index >= 15 is 0 Å². The summed E-state index contributed by atoms with van der Waals surface area (Å²) in [5.41, 5.74) is 9.01. The van der Waals surface area contributed by atoms with Gasteiger partial charge in [0.05, 0.1) is 29.9 Å². The fraction of sp³-hybridized carbons (Fsp3) is 0.241. The zero-order chi connectivity index (χ0) is 25.6. The van der Waals surface area contributed by atoms with Gasteiger partial charge in [0.15, 0.2) is 5.11 Å². The normalized spacial score (nSPS) is 17.4. The monoisotopic (exact) mass is 516 g/mol. The molecule has 1 N–H and O–H groups in total. The predicted octanol–water partition coefficient (Wildman–Crippen LogP) is 6.95. The second kappa shape index (κ2) is 9.60. The van der Waals surface area contributed by atoms with E-state index in [2.05, 4.69) is 71.7 Å². The van der Waals surface area contributed by atoms with E-state index in [1.165, 1.54) is 33.8 Å². The van der Waals surface area contributed by atoms with Crippen molar-refractivity contribution in [1.82, 2.24) is 14.9 Å². The first-order valence-corrected chi connectivity index (χ1v) is 12.7. The van der Waals surface area contributed by atoms with Gasteiger partial charge in [-0.05, 0) is 99.1 Å². The van der Waals surface area contributed by atoms with Crippen LogP contribution in [0.1, 0.15) is 45.9 Å². The average Bonchev–Trinajstić information content (AvgIpc) is 3.36. The Morgan fingerprint density at radius 3 is 2.50 bits per heavy atom. The number of rotatable bonds is 5. The van der Waals surface area contributed by atoms with E-state index in [-0.39, 0.29) is 12.1 Å². The maximum atomic E-state index is 6.54. The highest BCUT2D eigenvalue weighted by Gasteiger charge is 2.42. The molecule has 0 radical (unpaired) electrons. The summed E-state index contributed by atoms with van der Waals surface area (Å²) >= 11 is 12.4. The van der Waals surface area contributed by atoms with Gasteiger partial charge in [-0.3, -0.25) is 4.98 Å². The standard InChI is InChI=1S/C29H29ClN4OS/c1-17-9-10-18(2)25(14-17)33-19(3)15-22(20(33)4)28-27(24-8-6-7-13-31-24)32-29(36)34(28)21-11-12-26(35-5)23(30)16-21/h6-16,27-28H,1-5H3,(H,32,36)/t27-,28+/m1/s1. The van der Waals surface area contributed by atoms with Crippen molar-refractivity contribution in [3.63, 3.8) is 0 Å². The van der Waals surface area contributed by atoms with Crippen LogP contribution in [0.3, 0.4) is 0 Å². The van der Waals surface area contributed by atoms with E-state index in [9.17, 15) is 0 Å². The van der Waals surface area contributed by atoms with Crippen molar-refractivity contribution >= 4 is 34.6 Å². The van der Waals surface area contributed by atoms with Gasteiger partial charge < -0.3 is 19.5 Å². The molecule has 1 aliphatic heterocycles. The number of methoxy groups -OCH3 is 1. The molecule has 0 unspecified atom stereocenters. The second-order valence-corrected chi connectivity index (χ2v) is 10.1. The zero-order valence-corrected chi connectivity index (χ0v) is 22.6. The van der Waals surface area contributed by atoms with Crippen LogP contribution >= 0.6 is 23.8 Å². The SMILES string of the molecule is COc1ccc(N2C(=S)N[C@H](c3ccccn3)[C@@H]2c2cc(C)n(-c3cc(C)ccc3C)c2C)cc1Cl. The molecule has 0 saturated carbocycles. The summed E-state index contributed by atoms with van der Waals surface area (Å²) in [6, 6.07) is 20.4. The molecule has 184 valence electrons. The Morgan fingerprint density at radius 2 is 1.81 bits per heavy atom. The summed E-state index contributed by atoms with van der Waals surface area (Å²) in [7, 11) is 1.62. The van der Waals surface area contributed by atoms with Crippen molar-refractivity contribution in [3.05, 3.63) is 106 Å². The molecular weight excluding hydrogens is 488 g/mol. The Hall–Kier alpha value is -3.35. The van der Waals surface area contributed by atoms with Crippen molar-refractivity contribution in [3.8, 4) is 11.4 Å². The highest BCUT2D eigenvalue weighted by atomic mass is 35.5. The summed E-state index contributed by atoms with van der Waals surface area (Å²) in [4.78, 5) is 6.83. The first-order valence-electron chi connectivity index (χ1n) is 11.9. The number of hydrogen-bond donors (Lipinski definition) is 1. The van der Waals surface area contributed by atoms with Gasteiger partial charge in [-0.25, -0.2) is 0 Å². The number of hydrogen-bond acceptors (Lipinski definition) is 3. The molecule has 0 amide bonds. The Morgan fingerprint density at radius 1 is 1.00 bits per heavy atom. The number of pyridine rings is 1. The van der Waals surface area contributed by atoms with Crippen LogP contribution in [0.5, 0.6) is 5.75 Å². The molecule has 3 heterocycles. The van der Waals surface area contributed by atoms with Crippen LogP contribution in [0.25, 0.3) is 5.69 Å². The number of ether oxygens (including phenoxy) is 1. The number of benzene rings is 2. The predicted molar refractivity (Wildman–Crippen MR) is 151 cm³/mol. The highest BCUT2D eigenvalue weighted by Crippen LogP contribution is 2.45. The van der Waals surface area contributed by atoms with Gasteiger partial charge in [0, 0.05) is 29.0 Å². The maximum absolute atomic E-state index is 6.54. The van der Waals surface area contributed by atoms with Crippen molar-refractivity contribution in [2.24, 2.45) is 0 Å². The molecule has 1 fully saturated rings. The topological polar surface area (TPSA) is 42.3 Å². The van der Waals surface area contributed by atoms with Gasteiger partial charge in [-0.15, -0.1) is 0 Å². The lowest BCUT2D eigenvalue weighted by atomic mass is 9.96. The van der Waals surface area contributed by atoms with Crippen LogP contribution < -0.4 is 15.0 Å². The molecule has 0 spiro atoms. The van der Waals surface area contributed by atoms with Gasteiger partial charge in [0.2, 0.25) is 0 Å². The van der Waals surface area contributed by atoms with Crippen LogP contribution in [-0.4, -0.2) is 21.8 Å². The van der Waals surface area contributed by atoms with Gasteiger partial charge >= 0.3 is 0 Å². The first kappa shape index (κ1) is 24.3. The molecule has 36 heavy (non-hydrogen) atoms. The zero-order valence-electron chi connectivity index (χ0n) is 21.0. The van der Waals surface area contributed by atoms with Crippen LogP contribution in [0.4, 0.5) is 5.69 Å². The fourth-order valence-corrected chi connectivity index (χ4v) is 5.77. The summed E-state index contributed by atoms with van der Waals surface area (Å²) in [6.07, 6.45) is 1.82. The maximum Gasteiger partial charge on any atom is 0.174 e. The third kappa shape index (κ3) is 4.14. The molecule has 7 heteroatoms. The van der Waals surface area contributed by atoms with E-state index in [0.717, 1.165) is 11.4 Å². The second-order valence-electron chi connectivity index (χ2n) is 9.27.